The van der Waals surface area contributed by atoms with Gasteiger partial charge in [-0.2, -0.15) is 0 Å². The lowest BCUT2D eigenvalue weighted by Gasteiger charge is -2.32. The molecule has 3 rings (SSSR count). The van der Waals surface area contributed by atoms with Gasteiger partial charge in [0.05, 0.1) is 0 Å². The summed E-state index contributed by atoms with van der Waals surface area (Å²) in [6, 6.07) is 8.97. The molecule has 2 heteroatoms. The fourth-order valence-corrected chi connectivity index (χ4v) is 4.29. The number of nitrogens with two attached hydrogens (primary N) is 1. The molecule has 2 saturated carbocycles. The molecule has 1 aromatic carbocycles. The molecule has 2 fully saturated rings. The highest BCUT2D eigenvalue weighted by atomic mass is 15.1. The summed E-state index contributed by atoms with van der Waals surface area (Å²) in [6.45, 7) is 6.95. The van der Waals surface area contributed by atoms with Crippen molar-refractivity contribution in [1.82, 2.24) is 4.90 Å². The van der Waals surface area contributed by atoms with Crippen molar-refractivity contribution in [3.63, 3.8) is 0 Å². The first-order valence-electron chi connectivity index (χ1n) is 8.20. The predicted octanol–water partition coefficient (Wildman–Crippen LogP) is 3.92. The monoisotopic (exact) mass is 272 g/mol. The molecule has 0 spiro atoms. The Hall–Kier alpha value is -1.02. The Balaban J connectivity index is 1.64. The normalized spacial score (nSPS) is 28.7. The van der Waals surface area contributed by atoms with Crippen LogP contribution < -0.4 is 5.73 Å². The number of benzene rings is 1. The molecule has 2 nitrogen and oxygen atoms in total. The largest absolute Gasteiger partial charge is 0.399 e. The van der Waals surface area contributed by atoms with Crippen LogP contribution in [0.3, 0.4) is 0 Å². The Morgan fingerprint density at radius 3 is 2.70 bits per heavy atom. The topological polar surface area (TPSA) is 29.3 Å². The average Bonchev–Trinajstić information content (AvgIpc) is 3.00. The Bertz CT molecular complexity index is 454. The molecule has 0 aromatic heterocycles. The number of nitrogen functional groups attached to an aromatic ring is 1. The molecule has 0 saturated heterocycles. The van der Waals surface area contributed by atoms with Crippen molar-refractivity contribution in [3.8, 4) is 0 Å². The van der Waals surface area contributed by atoms with Crippen LogP contribution in [0.1, 0.15) is 45.1 Å². The van der Waals surface area contributed by atoms with Crippen molar-refractivity contribution in [1.29, 1.82) is 0 Å². The molecule has 1 aromatic rings. The molecule has 0 radical (unpaired) electrons. The van der Waals surface area contributed by atoms with E-state index in [2.05, 4.69) is 36.9 Å². The van der Waals surface area contributed by atoms with E-state index < -0.39 is 0 Å². The van der Waals surface area contributed by atoms with E-state index in [1.807, 2.05) is 6.07 Å². The van der Waals surface area contributed by atoms with Gasteiger partial charge in [-0.3, -0.25) is 4.90 Å². The lowest BCUT2D eigenvalue weighted by Crippen LogP contribution is -2.36. The molecule has 20 heavy (non-hydrogen) atoms. The second-order valence-electron chi connectivity index (χ2n) is 7.20. The molecule has 0 aliphatic heterocycles. The van der Waals surface area contributed by atoms with Crippen LogP contribution in [0, 0.1) is 17.8 Å². The van der Waals surface area contributed by atoms with Gasteiger partial charge in [-0.25, -0.2) is 0 Å². The third-order valence-corrected chi connectivity index (χ3v) is 5.42. The zero-order valence-corrected chi connectivity index (χ0v) is 12.9. The van der Waals surface area contributed by atoms with Crippen LogP contribution >= 0.6 is 0 Å². The van der Waals surface area contributed by atoms with Crippen LogP contribution in [0.15, 0.2) is 24.3 Å². The summed E-state index contributed by atoms with van der Waals surface area (Å²) in [7, 11) is 0. The van der Waals surface area contributed by atoms with Crippen molar-refractivity contribution in [2.24, 2.45) is 17.8 Å². The molecule has 2 aliphatic carbocycles. The highest BCUT2D eigenvalue weighted by molar-refractivity contribution is 5.40. The lowest BCUT2D eigenvalue weighted by atomic mass is 9.88. The van der Waals surface area contributed by atoms with Crippen LogP contribution in [-0.2, 0) is 6.54 Å². The number of anilines is 1. The first kappa shape index (κ1) is 13.9. The van der Waals surface area contributed by atoms with Crippen LogP contribution in [0.5, 0.6) is 0 Å². The Morgan fingerprint density at radius 1 is 1.25 bits per heavy atom. The standard InChI is InChI=1S/C18H28N2/c1-13(2)20(11-15-4-3-5-18(19)10-15)12-17-9-14-6-7-16(17)8-14/h3-5,10,13-14,16-17H,6-9,11-12,19H2,1-2H3. The molecule has 0 heterocycles. The Labute approximate surface area is 123 Å². The van der Waals surface area contributed by atoms with Gasteiger partial charge in [0.15, 0.2) is 0 Å². The summed E-state index contributed by atoms with van der Waals surface area (Å²) < 4.78 is 0. The first-order chi connectivity index (χ1) is 9.61. The van der Waals surface area contributed by atoms with Crippen molar-refractivity contribution < 1.29 is 0 Å². The minimum Gasteiger partial charge on any atom is -0.399 e. The Morgan fingerprint density at radius 2 is 2.10 bits per heavy atom. The van der Waals surface area contributed by atoms with Gasteiger partial charge in [-0.1, -0.05) is 18.6 Å². The quantitative estimate of drug-likeness (QED) is 0.823. The highest BCUT2D eigenvalue weighted by Crippen LogP contribution is 2.48. The minimum absolute atomic E-state index is 0.607. The van der Waals surface area contributed by atoms with Crippen LogP contribution in [0.4, 0.5) is 5.69 Å². The first-order valence-corrected chi connectivity index (χ1v) is 8.20. The molecule has 2 N–H and O–H groups in total. The van der Waals surface area contributed by atoms with Crippen molar-refractivity contribution in [2.45, 2.75) is 52.1 Å². The third kappa shape index (κ3) is 3.01. The van der Waals surface area contributed by atoms with Gasteiger partial charge >= 0.3 is 0 Å². The van der Waals surface area contributed by atoms with Gasteiger partial charge in [0, 0.05) is 24.8 Å². The number of rotatable bonds is 5. The molecule has 2 bridgehead atoms. The summed E-state index contributed by atoms with van der Waals surface area (Å²) in [5.74, 6) is 3.01. The molecular weight excluding hydrogens is 244 g/mol. The minimum atomic E-state index is 0.607. The summed E-state index contributed by atoms with van der Waals surface area (Å²) in [4.78, 5) is 2.64. The SMILES string of the molecule is CC(C)N(Cc1cccc(N)c1)CC1CC2CCC1C2. The van der Waals surface area contributed by atoms with E-state index in [1.54, 1.807) is 0 Å². The lowest BCUT2D eigenvalue weighted by molar-refractivity contribution is 0.150. The van der Waals surface area contributed by atoms with Crippen molar-refractivity contribution >= 4 is 5.69 Å². The maximum Gasteiger partial charge on any atom is 0.0317 e. The van der Waals surface area contributed by atoms with E-state index in [0.717, 1.165) is 30.0 Å². The molecule has 2 aliphatic rings. The van der Waals surface area contributed by atoms with Gasteiger partial charge in [0.25, 0.3) is 0 Å². The second-order valence-corrected chi connectivity index (χ2v) is 7.20. The third-order valence-electron chi connectivity index (χ3n) is 5.42. The number of hydrogen-bond donors (Lipinski definition) is 1. The molecule has 110 valence electrons. The summed E-state index contributed by atoms with van der Waals surface area (Å²) in [5, 5.41) is 0. The summed E-state index contributed by atoms with van der Waals surface area (Å²) >= 11 is 0. The fraction of sp³-hybridized carbons (Fsp3) is 0.667. The van der Waals surface area contributed by atoms with E-state index in [9.17, 15) is 0 Å². The van der Waals surface area contributed by atoms with Gasteiger partial charge in [-0.15, -0.1) is 0 Å². The van der Waals surface area contributed by atoms with E-state index in [0.29, 0.717) is 6.04 Å². The molecule has 3 unspecified atom stereocenters. The van der Waals surface area contributed by atoms with Gasteiger partial charge < -0.3 is 5.73 Å². The maximum atomic E-state index is 5.90. The average molecular weight is 272 g/mol. The number of fused-ring (bicyclic) bond motifs is 2. The van der Waals surface area contributed by atoms with Crippen LogP contribution in [0.25, 0.3) is 0 Å². The van der Waals surface area contributed by atoms with Gasteiger partial charge in [0.2, 0.25) is 0 Å². The second kappa shape index (κ2) is 5.77. The molecule has 0 amide bonds. The number of nitrogens with zero attached hydrogens (tertiary/aromatic N) is 1. The maximum absolute atomic E-state index is 5.90. The van der Waals surface area contributed by atoms with Crippen molar-refractivity contribution in [3.05, 3.63) is 29.8 Å². The summed E-state index contributed by atoms with van der Waals surface area (Å²) in [5.41, 5.74) is 8.13. The van der Waals surface area contributed by atoms with Gasteiger partial charge in [-0.05, 0) is 68.6 Å². The van der Waals surface area contributed by atoms with Crippen LogP contribution in [-0.4, -0.2) is 17.5 Å². The Kier molecular flexibility index (Phi) is 4.02. The zero-order valence-electron chi connectivity index (χ0n) is 12.9. The van der Waals surface area contributed by atoms with Crippen LogP contribution in [0.2, 0.25) is 0 Å². The van der Waals surface area contributed by atoms with E-state index in [-0.39, 0.29) is 0 Å². The fourth-order valence-electron chi connectivity index (χ4n) is 4.29. The summed E-state index contributed by atoms with van der Waals surface area (Å²) in [6.07, 6.45) is 5.97. The predicted molar refractivity (Wildman–Crippen MR) is 85.3 cm³/mol. The van der Waals surface area contributed by atoms with E-state index in [1.165, 1.54) is 37.8 Å². The highest BCUT2D eigenvalue weighted by Gasteiger charge is 2.40. The zero-order chi connectivity index (χ0) is 14.1. The smallest absolute Gasteiger partial charge is 0.0317 e. The molecule has 3 atom stereocenters. The number of hydrogen-bond acceptors (Lipinski definition) is 2. The van der Waals surface area contributed by atoms with E-state index >= 15 is 0 Å². The van der Waals surface area contributed by atoms with Crippen molar-refractivity contribution in [2.75, 3.05) is 12.3 Å². The van der Waals surface area contributed by atoms with E-state index in [4.69, 9.17) is 5.73 Å². The van der Waals surface area contributed by atoms with Gasteiger partial charge in [0.1, 0.15) is 0 Å². The molecular formula is C18H28N2.